The van der Waals surface area contributed by atoms with Crippen molar-refractivity contribution in [2.24, 2.45) is 0 Å². The van der Waals surface area contributed by atoms with Crippen molar-refractivity contribution in [1.29, 1.82) is 0 Å². The highest BCUT2D eigenvalue weighted by molar-refractivity contribution is 6.21. The van der Waals surface area contributed by atoms with Gasteiger partial charge in [0.2, 0.25) is 0 Å². The van der Waals surface area contributed by atoms with E-state index in [9.17, 15) is 0 Å². The number of rotatable bonds is 3. The van der Waals surface area contributed by atoms with E-state index in [1.165, 1.54) is 31.2 Å². The van der Waals surface area contributed by atoms with Crippen molar-refractivity contribution in [2.75, 3.05) is 20.2 Å². The molecule has 2 aliphatic rings. The molecule has 110 valence electrons. The van der Waals surface area contributed by atoms with Crippen LogP contribution in [0.15, 0.2) is 24.3 Å². The van der Waals surface area contributed by atoms with Crippen LogP contribution in [0.5, 0.6) is 5.75 Å². The van der Waals surface area contributed by atoms with Gasteiger partial charge in [0.15, 0.2) is 0 Å². The van der Waals surface area contributed by atoms with Gasteiger partial charge in [0.05, 0.1) is 6.61 Å². The Morgan fingerprint density at radius 1 is 1.20 bits per heavy atom. The largest absolute Gasteiger partial charge is 0.493 e. The van der Waals surface area contributed by atoms with Crippen LogP contribution in [0.2, 0.25) is 0 Å². The molecular weight excluding hydrogens is 270 g/mol. The van der Waals surface area contributed by atoms with Crippen molar-refractivity contribution in [3.63, 3.8) is 0 Å². The number of ether oxygens (including phenoxy) is 1. The highest BCUT2D eigenvalue weighted by Gasteiger charge is 2.29. The molecule has 0 saturated heterocycles. The van der Waals surface area contributed by atoms with E-state index in [1.807, 2.05) is 0 Å². The van der Waals surface area contributed by atoms with E-state index in [0.717, 1.165) is 25.3 Å². The Kier molecular flexibility index (Phi) is 4.52. The summed E-state index contributed by atoms with van der Waals surface area (Å²) in [7, 11) is 2.24. The molecule has 3 heteroatoms. The number of nitrogens with zero attached hydrogens (tertiary/aromatic N) is 1. The Balaban J connectivity index is 1.69. The van der Waals surface area contributed by atoms with Crippen molar-refractivity contribution < 1.29 is 4.74 Å². The zero-order valence-corrected chi connectivity index (χ0v) is 13.0. The Hall–Kier alpha value is -0.730. The SMILES string of the molecule is CN(CC1CCOc2ccccc21)C1CCCCC1Cl. The lowest BCUT2D eigenvalue weighted by molar-refractivity contribution is 0.167. The molecule has 1 fully saturated rings. The second-order valence-electron chi connectivity index (χ2n) is 6.18. The fraction of sp³-hybridized carbons (Fsp3) is 0.647. The number of halogens is 1. The van der Waals surface area contributed by atoms with E-state index in [4.69, 9.17) is 16.3 Å². The monoisotopic (exact) mass is 293 g/mol. The third-order valence-electron chi connectivity index (χ3n) is 4.80. The van der Waals surface area contributed by atoms with Crippen molar-refractivity contribution in [3.8, 4) is 5.75 Å². The Morgan fingerprint density at radius 2 is 2.00 bits per heavy atom. The number of likely N-dealkylation sites (N-methyl/N-ethyl adjacent to an activating group) is 1. The third-order valence-corrected chi connectivity index (χ3v) is 5.31. The van der Waals surface area contributed by atoms with Gasteiger partial charge >= 0.3 is 0 Å². The van der Waals surface area contributed by atoms with Gasteiger partial charge in [0, 0.05) is 23.9 Å². The summed E-state index contributed by atoms with van der Waals surface area (Å²) in [5.41, 5.74) is 1.37. The molecular formula is C17H24ClNO. The molecule has 0 spiro atoms. The predicted molar refractivity (Wildman–Crippen MR) is 83.8 cm³/mol. The molecule has 0 bridgehead atoms. The van der Waals surface area contributed by atoms with Crippen LogP contribution >= 0.6 is 11.6 Å². The van der Waals surface area contributed by atoms with Gasteiger partial charge in [-0.25, -0.2) is 0 Å². The highest BCUT2D eigenvalue weighted by atomic mass is 35.5. The van der Waals surface area contributed by atoms with Gasteiger partial charge in [0.1, 0.15) is 5.75 Å². The van der Waals surface area contributed by atoms with Crippen molar-refractivity contribution in [3.05, 3.63) is 29.8 Å². The lowest BCUT2D eigenvalue weighted by Gasteiger charge is -2.38. The fourth-order valence-electron chi connectivity index (χ4n) is 3.65. The number of para-hydroxylation sites is 1. The standard InChI is InChI=1S/C17H24ClNO/c1-19(16-8-4-3-7-15(16)18)12-13-10-11-20-17-9-5-2-6-14(13)17/h2,5-6,9,13,15-16H,3-4,7-8,10-12H2,1H3. The smallest absolute Gasteiger partial charge is 0.122 e. The zero-order chi connectivity index (χ0) is 13.9. The maximum absolute atomic E-state index is 6.53. The summed E-state index contributed by atoms with van der Waals surface area (Å²) in [6.45, 7) is 1.93. The second-order valence-corrected chi connectivity index (χ2v) is 6.74. The molecule has 1 aromatic carbocycles. The quantitative estimate of drug-likeness (QED) is 0.780. The van der Waals surface area contributed by atoms with Crippen LogP contribution < -0.4 is 4.74 Å². The van der Waals surface area contributed by atoms with Gasteiger partial charge in [-0.05, 0) is 37.9 Å². The summed E-state index contributed by atoms with van der Waals surface area (Å²) in [5.74, 6) is 1.65. The molecule has 0 radical (unpaired) electrons. The Bertz CT molecular complexity index is 450. The van der Waals surface area contributed by atoms with Crippen LogP contribution in [0.3, 0.4) is 0 Å². The first-order valence-electron chi connectivity index (χ1n) is 7.82. The summed E-state index contributed by atoms with van der Waals surface area (Å²) in [6, 6.07) is 9.02. The second kappa shape index (κ2) is 6.36. The van der Waals surface area contributed by atoms with Crippen LogP contribution in [0.1, 0.15) is 43.6 Å². The zero-order valence-electron chi connectivity index (χ0n) is 12.2. The van der Waals surface area contributed by atoms with Crippen molar-refractivity contribution in [1.82, 2.24) is 4.90 Å². The molecule has 0 amide bonds. The van der Waals surface area contributed by atoms with Crippen LogP contribution in [0.25, 0.3) is 0 Å². The maximum Gasteiger partial charge on any atom is 0.122 e. The van der Waals surface area contributed by atoms with E-state index in [1.54, 1.807) is 0 Å². The van der Waals surface area contributed by atoms with Crippen LogP contribution in [0.4, 0.5) is 0 Å². The first-order chi connectivity index (χ1) is 9.75. The molecule has 3 rings (SSSR count). The Labute approximate surface area is 127 Å². The molecule has 3 unspecified atom stereocenters. The number of alkyl halides is 1. The highest BCUT2D eigenvalue weighted by Crippen LogP contribution is 2.35. The maximum atomic E-state index is 6.53. The van der Waals surface area contributed by atoms with Crippen LogP contribution in [-0.4, -0.2) is 36.5 Å². The molecule has 1 aliphatic carbocycles. The van der Waals surface area contributed by atoms with E-state index < -0.39 is 0 Å². The van der Waals surface area contributed by atoms with E-state index >= 15 is 0 Å². The van der Waals surface area contributed by atoms with Gasteiger partial charge in [-0.2, -0.15) is 0 Å². The van der Waals surface area contributed by atoms with Gasteiger partial charge in [-0.1, -0.05) is 31.0 Å². The summed E-state index contributed by atoms with van der Waals surface area (Å²) < 4.78 is 5.76. The van der Waals surface area contributed by atoms with Crippen LogP contribution in [0, 0.1) is 0 Å². The van der Waals surface area contributed by atoms with Gasteiger partial charge < -0.3 is 9.64 Å². The molecule has 1 aromatic rings. The minimum atomic E-state index is 0.323. The predicted octanol–water partition coefficient (Wildman–Crippen LogP) is 4.03. The molecule has 0 aromatic heterocycles. The van der Waals surface area contributed by atoms with E-state index in [-0.39, 0.29) is 0 Å². The lowest BCUT2D eigenvalue weighted by atomic mass is 9.90. The normalized spacial score (nSPS) is 29.9. The minimum Gasteiger partial charge on any atom is -0.493 e. The fourth-order valence-corrected chi connectivity index (χ4v) is 4.12. The average Bonchev–Trinajstić information content (AvgIpc) is 2.48. The average molecular weight is 294 g/mol. The van der Waals surface area contributed by atoms with Crippen molar-refractivity contribution >= 4 is 11.6 Å². The molecule has 1 saturated carbocycles. The number of fused-ring (bicyclic) bond motifs is 1. The van der Waals surface area contributed by atoms with Crippen molar-refractivity contribution in [2.45, 2.75) is 49.4 Å². The molecule has 1 aliphatic heterocycles. The summed E-state index contributed by atoms with van der Waals surface area (Å²) in [6.07, 6.45) is 6.14. The first kappa shape index (κ1) is 14.2. The molecule has 1 heterocycles. The molecule has 2 nitrogen and oxygen atoms in total. The molecule has 20 heavy (non-hydrogen) atoms. The minimum absolute atomic E-state index is 0.323. The Morgan fingerprint density at radius 3 is 2.85 bits per heavy atom. The summed E-state index contributed by atoms with van der Waals surface area (Å²) in [4.78, 5) is 2.49. The number of hydrogen-bond donors (Lipinski definition) is 0. The number of benzene rings is 1. The van der Waals surface area contributed by atoms with Gasteiger partial charge in [-0.15, -0.1) is 11.6 Å². The topological polar surface area (TPSA) is 12.5 Å². The summed E-state index contributed by atoms with van der Waals surface area (Å²) >= 11 is 6.53. The number of hydrogen-bond acceptors (Lipinski definition) is 2. The van der Waals surface area contributed by atoms with E-state index in [0.29, 0.717) is 17.3 Å². The first-order valence-corrected chi connectivity index (χ1v) is 8.25. The summed E-state index contributed by atoms with van der Waals surface area (Å²) in [5, 5.41) is 0.323. The third kappa shape index (κ3) is 2.96. The molecule has 0 N–H and O–H groups in total. The van der Waals surface area contributed by atoms with Gasteiger partial charge in [0.25, 0.3) is 0 Å². The van der Waals surface area contributed by atoms with Crippen LogP contribution in [-0.2, 0) is 0 Å². The lowest BCUT2D eigenvalue weighted by Crippen LogP contribution is -2.43. The van der Waals surface area contributed by atoms with Gasteiger partial charge in [-0.3, -0.25) is 0 Å². The van der Waals surface area contributed by atoms with E-state index in [2.05, 4.69) is 36.2 Å². The molecule has 3 atom stereocenters.